The molecule has 0 aliphatic carbocycles. The molecule has 0 spiro atoms. The molecule has 1 heterocycles. The van der Waals surface area contributed by atoms with Crippen LogP contribution in [0.2, 0.25) is 0 Å². The first kappa shape index (κ1) is 22.6. The minimum atomic E-state index is -0.754. The molecule has 0 saturated carbocycles. The predicted octanol–water partition coefficient (Wildman–Crippen LogP) is -0.663. The number of likely N-dealkylation sites (N-methyl/N-ethyl adjacent to an activating group) is 1. The lowest BCUT2D eigenvalue weighted by atomic mass is 10.1. The number of hydrogen-bond acceptors (Lipinski definition) is 7. The molecule has 0 bridgehead atoms. The summed E-state index contributed by atoms with van der Waals surface area (Å²) in [7, 11) is 3.58. The molecule has 0 aromatic heterocycles. The van der Waals surface area contributed by atoms with Crippen molar-refractivity contribution in [1.29, 1.82) is 0 Å². The summed E-state index contributed by atoms with van der Waals surface area (Å²) in [6.45, 7) is 2.07. The second-order valence-corrected chi connectivity index (χ2v) is 6.54. The fourth-order valence-corrected chi connectivity index (χ4v) is 2.56. The van der Waals surface area contributed by atoms with E-state index in [0.29, 0.717) is 18.0 Å². The Balaban J connectivity index is 2.30. The highest BCUT2D eigenvalue weighted by Crippen LogP contribution is 2.12. The molecule has 1 saturated heterocycles. The van der Waals surface area contributed by atoms with E-state index in [4.69, 9.17) is 4.84 Å². The number of amides is 4. The van der Waals surface area contributed by atoms with Gasteiger partial charge in [0.2, 0.25) is 11.8 Å². The van der Waals surface area contributed by atoms with Crippen LogP contribution >= 0.6 is 0 Å². The molecule has 27 heavy (non-hydrogen) atoms. The SMILES string of the molecule is [13CH3][13C](=O)NCCCCC(C(=O)NCCC(=O)ON1C(=O)CCC1=O)N([13CH3])[13CH3]. The highest BCUT2D eigenvalue weighted by atomic mass is 16.7. The van der Waals surface area contributed by atoms with Gasteiger partial charge < -0.3 is 15.5 Å². The van der Waals surface area contributed by atoms with E-state index < -0.39 is 17.8 Å². The Morgan fingerprint density at radius 2 is 1.70 bits per heavy atom. The number of carbonyl (C=O) groups excluding carboxylic acids is 5. The second kappa shape index (κ2) is 11.3. The molecule has 4 amide bonds. The van der Waals surface area contributed by atoms with Crippen LogP contribution in [0.1, 0.15) is 45.4 Å². The number of nitrogens with zero attached hydrogens (tertiary/aromatic N) is 2. The predicted molar refractivity (Wildman–Crippen MR) is 94.8 cm³/mol. The third kappa shape index (κ3) is 8.16. The molecule has 0 aromatic carbocycles. The molecule has 2 N–H and O–H groups in total. The maximum Gasteiger partial charge on any atom is 0.334 e. The smallest absolute Gasteiger partial charge is 0.334 e. The highest BCUT2D eigenvalue weighted by molar-refractivity contribution is 6.01. The van der Waals surface area contributed by atoms with Gasteiger partial charge in [0.15, 0.2) is 0 Å². The second-order valence-electron chi connectivity index (χ2n) is 6.54. The van der Waals surface area contributed by atoms with E-state index in [9.17, 15) is 24.0 Å². The zero-order valence-corrected chi connectivity index (χ0v) is 16.1. The lowest BCUT2D eigenvalue weighted by Crippen LogP contribution is -2.44. The molecular weight excluding hydrogens is 360 g/mol. The van der Waals surface area contributed by atoms with Crippen LogP contribution in [-0.4, -0.2) is 72.8 Å². The monoisotopic (exact) mass is 388 g/mol. The van der Waals surface area contributed by atoms with Gasteiger partial charge in [-0.2, -0.15) is 0 Å². The Morgan fingerprint density at radius 1 is 1.07 bits per heavy atom. The Labute approximate surface area is 158 Å². The number of carbonyl (C=O) groups is 5. The average molecular weight is 388 g/mol. The van der Waals surface area contributed by atoms with Crippen molar-refractivity contribution in [3.8, 4) is 0 Å². The largest absolute Gasteiger partial charge is 0.356 e. The molecule has 10 heteroatoms. The highest BCUT2D eigenvalue weighted by Gasteiger charge is 2.32. The summed E-state index contributed by atoms with van der Waals surface area (Å²) in [4.78, 5) is 64.1. The molecule has 1 unspecified atom stereocenters. The van der Waals surface area contributed by atoms with Crippen molar-refractivity contribution in [2.75, 3.05) is 27.2 Å². The zero-order chi connectivity index (χ0) is 20.4. The molecule has 0 radical (unpaired) electrons. The quantitative estimate of drug-likeness (QED) is 0.273. The number of unbranched alkanes of at least 4 members (excludes halogenated alkanes) is 1. The minimum absolute atomic E-state index is 0.0370. The van der Waals surface area contributed by atoms with Crippen molar-refractivity contribution >= 4 is 29.6 Å². The van der Waals surface area contributed by atoms with Gasteiger partial charge >= 0.3 is 5.97 Å². The van der Waals surface area contributed by atoms with Gasteiger partial charge in [-0.1, -0.05) is 0 Å². The van der Waals surface area contributed by atoms with E-state index in [1.54, 1.807) is 19.0 Å². The molecule has 1 fully saturated rings. The van der Waals surface area contributed by atoms with Gasteiger partial charge in [-0.25, -0.2) is 4.79 Å². The summed E-state index contributed by atoms with van der Waals surface area (Å²) in [6.07, 6.45) is 2.06. The summed E-state index contributed by atoms with van der Waals surface area (Å²) in [5.41, 5.74) is 0. The van der Waals surface area contributed by atoms with E-state index in [-0.39, 0.29) is 43.7 Å². The van der Waals surface area contributed by atoms with Gasteiger partial charge in [0, 0.05) is 32.9 Å². The Kier molecular flexibility index (Phi) is 9.41. The average Bonchev–Trinajstić information content (AvgIpc) is 2.89. The first-order valence-corrected chi connectivity index (χ1v) is 8.97. The third-order valence-electron chi connectivity index (χ3n) is 4.03. The number of hydrogen-bond donors (Lipinski definition) is 2. The van der Waals surface area contributed by atoms with Gasteiger partial charge in [0.05, 0.1) is 12.5 Å². The zero-order valence-electron chi connectivity index (χ0n) is 16.1. The molecule has 1 aliphatic rings. The summed E-state index contributed by atoms with van der Waals surface area (Å²) in [5, 5.41) is 5.85. The number of hydroxylamine groups is 2. The summed E-state index contributed by atoms with van der Waals surface area (Å²) < 4.78 is 0. The molecule has 1 atom stereocenters. The van der Waals surface area contributed by atoms with E-state index in [2.05, 4.69) is 10.6 Å². The molecule has 1 aliphatic heterocycles. The molecule has 0 aromatic rings. The normalized spacial score (nSPS) is 15.0. The number of nitrogens with one attached hydrogen (secondary N) is 2. The van der Waals surface area contributed by atoms with Crippen LogP contribution in [-0.2, 0) is 28.8 Å². The molecule has 152 valence electrons. The van der Waals surface area contributed by atoms with Gasteiger partial charge in [0.1, 0.15) is 0 Å². The van der Waals surface area contributed by atoms with Crippen LogP contribution in [0.25, 0.3) is 0 Å². The van der Waals surface area contributed by atoms with Crippen molar-refractivity contribution in [2.45, 2.75) is 51.5 Å². The molecule has 10 nitrogen and oxygen atoms in total. The van der Waals surface area contributed by atoms with Crippen molar-refractivity contribution in [2.24, 2.45) is 0 Å². The minimum Gasteiger partial charge on any atom is -0.356 e. The molecule has 1 rings (SSSR count). The first-order chi connectivity index (χ1) is 12.7. The topological polar surface area (TPSA) is 125 Å². The number of rotatable bonds is 11. The van der Waals surface area contributed by atoms with Crippen molar-refractivity contribution in [3.63, 3.8) is 0 Å². The lowest BCUT2D eigenvalue weighted by molar-refractivity contribution is -0.197. The standard InChI is InChI=1S/C17H28N4O6/c1-12(22)18-10-5-4-6-13(20(2)3)17(26)19-11-9-16(25)27-21-14(23)7-8-15(21)24/h13H,4-11H2,1-3H3,(H,18,22)(H,19,26)/i1+1,2+1,3+1,12+1. The van der Waals surface area contributed by atoms with Gasteiger partial charge in [-0.05, 0) is 33.4 Å². The van der Waals surface area contributed by atoms with Crippen molar-refractivity contribution in [3.05, 3.63) is 0 Å². The van der Waals surface area contributed by atoms with Crippen LogP contribution in [0.3, 0.4) is 0 Å². The Morgan fingerprint density at radius 3 is 2.26 bits per heavy atom. The van der Waals surface area contributed by atoms with E-state index in [0.717, 1.165) is 12.8 Å². The maximum atomic E-state index is 12.3. The summed E-state index contributed by atoms with van der Waals surface area (Å²) >= 11 is 0. The Bertz CT molecular complexity index is 562. The summed E-state index contributed by atoms with van der Waals surface area (Å²) in [6, 6.07) is -0.361. The van der Waals surface area contributed by atoms with Gasteiger partial charge in [-0.3, -0.25) is 24.1 Å². The van der Waals surface area contributed by atoms with Crippen LogP contribution in [0, 0.1) is 0 Å². The van der Waals surface area contributed by atoms with Gasteiger partial charge in [-0.15, -0.1) is 5.06 Å². The fraction of sp³-hybridized carbons (Fsp3) is 0.706. The fourth-order valence-electron chi connectivity index (χ4n) is 2.56. The number of imide groups is 1. The lowest BCUT2D eigenvalue weighted by Gasteiger charge is -2.23. The van der Waals surface area contributed by atoms with E-state index in [1.807, 2.05) is 0 Å². The van der Waals surface area contributed by atoms with Gasteiger partial charge in [0.25, 0.3) is 11.8 Å². The first-order valence-electron chi connectivity index (χ1n) is 8.97. The van der Waals surface area contributed by atoms with Crippen LogP contribution in [0.4, 0.5) is 0 Å². The third-order valence-corrected chi connectivity index (χ3v) is 4.03. The Hall–Kier alpha value is -2.49. The van der Waals surface area contributed by atoms with Crippen molar-refractivity contribution in [1.82, 2.24) is 20.6 Å². The van der Waals surface area contributed by atoms with Crippen molar-refractivity contribution < 1.29 is 28.8 Å². The summed E-state index contributed by atoms with van der Waals surface area (Å²) in [5.74, 6) is -2.13. The van der Waals surface area contributed by atoms with Crippen LogP contribution in [0.5, 0.6) is 0 Å². The van der Waals surface area contributed by atoms with Crippen LogP contribution in [0.15, 0.2) is 0 Å². The van der Waals surface area contributed by atoms with Crippen LogP contribution < -0.4 is 10.6 Å². The molecular formula is C17H28N4O6. The van der Waals surface area contributed by atoms with E-state index in [1.165, 1.54) is 6.92 Å². The van der Waals surface area contributed by atoms with E-state index >= 15 is 0 Å². The maximum absolute atomic E-state index is 12.3.